The second kappa shape index (κ2) is 8.87. The first-order valence-electron chi connectivity index (χ1n) is 8.43. The summed E-state index contributed by atoms with van der Waals surface area (Å²) in [5.41, 5.74) is 1.07. The molecule has 0 aliphatic heterocycles. The molecule has 25 heavy (non-hydrogen) atoms. The highest BCUT2D eigenvalue weighted by Crippen LogP contribution is 2.15. The highest BCUT2D eigenvalue weighted by molar-refractivity contribution is 5.98. The standard InChI is InChI=1S/C20H24N2O3/c1-4-18(25-17-11-6-5-7-12-17)20(24)22-16-10-8-9-15(13-16)19(23)21-14(2)3/h5-14,18H,4H2,1-3H3,(H,21,23)(H,22,24)/t18-/m1/s1. The van der Waals surface area contributed by atoms with Crippen molar-refractivity contribution in [3.8, 4) is 5.75 Å². The lowest BCUT2D eigenvalue weighted by Gasteiger charge is -2.17. The van der Waals surface area contributed by atoms with Gasteiger partial charge in [-0.15, -0.1) is 0 Å². The van der Waals surface area contributed by atoms with Crippen LogP contribution in [-0.4, -0.2) is 24.0 Å². The largest absolute Gasteiger partial charge is 0.481 e. The molecule has 5 heteroatoms. The summed E-state index contributed by atoms with van der Waals surface area (Å²) in [6, 6.07) is 16.1. The Labute approximate surface area is 148 Å². The molecule has 2 rings (SSSR count). The Balaban J connectivity index is 2.04. The van der Waals surface area contributed by atoms with Gasteiger partial charge >= 0.3 is 0 Å². The summed E-state index contributed by atoms with van der Waals surface area (Å²) in [5.74, 6) is 0.237. The molecule has 1 atom stereocenters. The van der Waals surface area contributed by atoms with E-state index in [1.807, 2.05) is 51.1 Å². The predicted octanol–water partition coefficient (Wildman–Crippen LogP) is 3.62. The Bertz CT molecular complexity index is 714. The van der Waals surface area contributed by atoms with Crippen LogP contribution in [0.2, 0.25) is 0 Å². The van der Waals surface area contributed by atoms with Gasteiger partial charge in [0.1, 0.15) is 5.75 Å². The zero-order valence-electron chi connectivity index (χ0n) is 14.8. The topological polar surface area (TPSA) is 67.4 Å². The van der Waals surface area contributed by atoms with Crippen molar-refractivity contribution < 1.29 is 14.3 Å². The fourth-order valence-corrected chi connectivity index (χ4v) is 2.29. The molecule has 0 fully saturated rings. The van der Waals surface area contributed by atoms with E-state index in [1.165, 1.54) is 0 Å². The van der Waals surface area contributed by atoms with Gasteiger partial charge in [-0.1, -0.05) is 31.2 Å². The Morgan fingerprint density at radius 3 is 2.40 bits per heavy atom. The third kappa shape index (κ3) is 5.64. The molecule has 0 aliphatic rings. The van der Waals surface area contributed by atoms with Gasteiger partial charge in [0.2, 0.25) is 0 Å². The van der Waals surface area contributed by atoms with Gasteiger partial charge in [-0.2, -0.15) is 0 Å². The van der Waals surface area contributed by atoms with Gasteiger partial charge < -0.3 is 15.4 Å². The molecule has 0 aliphatic carbocycles. The van der Waals surface area contributed by atoms with Crippen LogP contribution in [0.1, 0.15) is 37.6 Å². The monoisotopic (exact) mass is 340 g/mol. The molecule has 0 unspecified atom stereocenters. The molecule has 2 aromatic carbocycles. The van der Waals surface area contributed by atoms with Crippen LogP contribution in [0.5, 0.6) is 5.75 Å². The van der Waals surface area contributed by atoms with Crippen molar-refractivity contribution in [3.05, 3.63) is 60.2 Å². The first-order valence-corrected chi connectivity index (χ1v) is 8.43. The van der Waals surface area contributed by atoms with Crippen LogP contribution in [0.3, 0.4) is 0 Å². The fraction of sp³-hybridized carbons (Fsp3) is 0.300. The van der Waals surface area contributed by atoms with E-state index in [2.05, 4.69) is 10.6 Å². The number of carbonyl (C=O) groups excluding carboxylic acids is 2. The Hall–Kier alpha value is -2.82. The smallest absolute Gasteiger partial charge is 0.265 e. The van der Waals surface area contributed by atoms with Gasteiger partial charge in [0.05, 0.1) is 0 Å². The van der Waals surface area contributed by atoms with Crippen LogP contribution in [0.4, 0.5) is 5.69 Å². The van der Waals surface area contributed by atoms with E-state index in [0.29, 0.717) is 23.4 Å². The number of carbonyl (C=O) groups is 2. The van der Waals surface area contributed by atoms with Crippen LogP contribution in [-0.2, 0) is 4.79 Å². The minimum atomic E-state index is -0.601. The van der Waals surface area contributed by atoms with E-state index in [1.54, 1.807) is 24.3 Å². The SMILES string of the molecule is CC[C@@H](Oc1ccccc1)C(=O)Nc1cccc(C(=O)NC(C)C)c1. The lowest BCUT2D eigenvalue weighted by molar-refractivity contribution is -0.122. The number of benzene rings is 2. The molecule has 0 bridgehead atoms. The molecular formula is C20H24N2O3. The molecule has 2 amide bonds. The Morgan fingerprint density at radius 2 is 1.76 bits per heavy atom. The van der Waals surface area contributed by atoms with Gasteiger partial charge in [0.25, 0.3) is 11.8 Å². The second-order valence-electron chi connectivity index (χ2n) is 6.03. The summed E-state index contributed by atoms with van der Waals surface area (Å²) in [6.45, 7) is 5.69. The average Bonchev–Trinajstić information content (AvgIpc) is 2.60. The summed E-state index contributed by atoms with van der Waals surface area (Å²) in [6.07, 6.45) is -0.0654. The van der Waals surface area contributed by atoms with Crippen molar-refractivity contribution in [2.45, 2.75) is 39.3 Å². The first-order chi connectivity index (χ1) is 12.0. The van der Waals surface area contributed by atoms with Gasteiger partial charge in [-0.3, -0.25) is 9.59 Å². The predicted molar refractivity (Wildman–Crippen MR) is 98.8 cm³/mol. The molecule has 0 aromatic heterocycles. The number of rotatable bonds is 7. The van der Waals surface area contributed by atoms with Gasteiger partial charge in [0, 0.05) is 17.3 Å². The highest BCUT2D eigenvalue weighted by atomic mass is 16.5. The zero-order chi connectivity index (χ0) is 18.2. The van der Waals surface area contributed by atoms with Crippen molar-refractivity contribution in [3.63, 3.8) is 0 Å². The summed E-state index contributed by atoms with van der Waals surface area (Å²) in [4.78, 5) is 24.5. The lowest BCUT2D eigenvalue weighted by atomic mass is 10.1. The maximum Gasteiger partial charge on any atom is 0.265 e. The molecule has 132 valence electrons. The molecule has 0 heterocycles. The van der Waals surface area contributed by atoms with E-state index in [9.17, 15) is 9.59 Å². The maximum atomic E-state index is 12.5. The number of amides is 2. The van der Waals surface area contributed by atoms with Crippen molar-refractivity contribution in [2.75, 3.05) is 5.32 Å². The van der Waals surface area contributed by atoms with E-state index >= 15 is 0 Å². The number of hydrogen-bond donors (Lipinski definition) is 2. The minimum absolute atomic E-state index is 0.0505. The maximum absolute atomic E-state index is 12.5. The van der Waals surface area contributed by atoms with E-state index in [0.717, 1.165) is 0 Å². The number of para-hydroxylation sites is 1. The number of anilines is 1. The molecular weight excluding hydrogens is 316 g/mol. The summed E-state index contributed by atoms with van der Waals surface area (Å²) in [7, 11) is 0. The van der Waals surface area contributed by atoms with E-state index in [-0.39, 0.29) is 17.9 Å². The first kappa shape index (κ1) is 18.5. The third-order valence-electron chi connectivity index (χ3n) is 3.50. The van der Waals surface area contributed by atoms with Gasteiger partial charge in [0.15, 0.2) is 6.10 Å². The van der Waals surface area contributed by atoms with E-state index < -0.39 is 6.10 Å². The van der Waals surface area contributed by atoms with Crippen LogP contribution in [0.15, 0.2) is 54.6 Å². The van der Waals surface area contributed by atoms with Crippen LogP contribution in [0.25, 0.3) is 0 Å². The van der Waals surface area contributed by atoms with Crippen molar-refractivity contribution in [1.29, 1.82) is 0 Å². The second-order valence-corrected chi connectivity index (χ2v) is 6.03. The molecule has 0 radical (unpaired) electrons. The van der Waals surface area contributed by atoms with Crippen LogP contribution in [0, 0.1) is 0 Å². The normalized spacial score (nSPS) is 11.7. The summed E-state index contributed by atoms with van der Waals surface area (Å²) < 4.78 is 5.74. The molecule has 0 saturated heterocycles. The molecule has 0 saturated carbocycles. The number of nitrogens with one attached hydrogen (secondary N) is 2. The van der Waals surface area contributed by atoms with Gasteiger partial charge in [-0.05, 0) is 50.6 Å². The highest BCUT2D eigenvalue weighted by Gasteiger charge is 2.19. The lowest BCUT2D eigenvalue weighted by Crippen LogP contribution is -2.32. The average molecular weight is 340 g/mol. The van der Waals surface area contributed by atoms with Crippen LogP contribution >= 0.6 is 0 Å². The molecule has 2 N–H and O–H groups in total. The van der Waals surface area contributed by atoms with E-state index in [4.69, 9.17) is 4.74 Å². The van der Waals surface area contributed by atoms with Crippen molar-refractivity contribution in [2.24, 2.45) is 0 Å². The summed E-state index contributed by atoms with van der Waals surface area (Å²) >= 11 is 0. The third-order valence-corrected chi connectivity index (χ3v) is 3.50. The Morgan fingerprint density at radius 1 is 1.04 bits per heavy atom. The number of ether oxygens (including phenoxy) is 1. The zero-order valence-corrected chi connectivity index (χ0v) is 14.8. The van der Waals surface area contributed by atoms with Gasteiger partial charge in [-0.25, -0.2) is 0 Å². The molecule has 5 nitrogen and oxygen atoms in total. The molecule has 2 aromatic rings. The summed E-state index contributed by atoms with van der Waals surface area (Å²) in [5, 5.41) is 5.65. The fourth-order valence-electron chi connectivity index (χ4n) is 2.29. The van der Waals surface area contributed by atoms with Crippen molar-refractivity contribution >= 4 is 17.5 Å². The van der Waals surface area contributed by atoms with Crippen LogP contribution < -0.4 is 15.4 Å². The minimum Gasteiger partial charge on any atom is -0.481 e. The quantitative estimate of drug-likeness (QED) is 0.809. The number of hydrogen-bond acceptors (Lipinski definition) is 3. The Kier molecular flexibility index (Phi) is 6.57. The van der Waals surface area contributed by atoms with Crippen molar-refractivity contribution in [1.82, 2.24) is 5.32 Å². The molecule has 0 spiro atoms.